The van der Waals surface area contributed by atoms with Crippen molar-refractivity contribution in [3.63, 3.8) is 0 Å². The number of aryl methyl sites for hydroxylation is 2. The van der Waals surface area contributed by atoms with Crippen LogP contribution in [0.2, 0.25) is 0 Å². The lowest BCUT2D eigenvalue weighted by Crippen LogP contribution is -2.06. The highest BCUT2D eigenvalue weighted by Crippen LogP contribution is 2.41. The topological polar surface area (TPSA) is 43.6 Å². The molecule has 1 aliphatic carbocycles. The molecule has 182 valence electrons. The van der Waals surface area contributed by atoms with Gasteiger partial charge in [-0.3, -0.25) is 4.57 Å². The summed E-state index contributed by atoms with van der Waals surface area (Å²) in [6.07, 6.45) is 4.94. The number of nitrogens with zero attached hydrogens (tertiary/aromatic N) is 4. The Morgan fingerprint density at radius 2 is 1.24 bits per heavy atom. The Morgan fingerprint density at radius 1 is 0.579 bits per heavy atom. The zero-order valence-corrected chi connectivity index (χ0v) is 21.6. The lowest BCUT2D eigenvalue weighted by molar-refractivity contribution is 0.700. The van der Waals surface area contributed by atoms with Crippen LogP contribution in [0.3, 0.4) is 0 Å². The van der Waals surface area contributed by atoms with E-state index >= 15 is 0 Å². The van der Waals surface area contributed by atoms with Gasteiger partial charge in [0, 0.05) is 31.5 Å². The first kappa shape index (κ1) is 21.7. The van der Waals surface area contributed by atoms with Crippen molar-refractivity contribution in [3.05, 3.63) is 108 Å². The SMILES string of the molecule is c1ccc(-c2nc(-c3ccccc3)nc(-n3c4ccccc4c4cc5sc6c(c5cc43)CCCC6)n2)cc1. The second kappa shape index (κ2) is 8.61. The average Bonchev–Trinajstić information content (AvgIpc) is 3.51. The minimum absolute atomic E-state index is 0.646. The van der Waals surface area contributed by atoms with Gasteiger partial charge < -0.3 is 0 Å². The molecule has 3 aromatic heterocycles. The minimum atomic E-state index is 0.646. The maximum absolute atomic E-state index is 5.07. The summed E-state index contributed by atoms with van der Waals surface area (Å²) in [5.74, 6) is 2.00. The van der Waals surface area contributed by atoms with Crippen LogP contribution in [0.15, 0.2) is 97.1 Å². The molecule has 4 nitrogen and oxygen atoms in total. The average molecular weight is 509 g/mol. The Labute approximate surface area is 224 Å². The Balaban J connectivity index is 1.46. The lowest BCUT2D eigenvalue weighted by atomic mass is 9.96. The fourth-order valence-electron chi connectivity index (χ4n) is 5.84. The highest BCUT2D eigenvalue weighted by molar-refractivity contribution is 7.19. The van der Waals surface area contributed by atoms with Crippen LogP contribution in [0.25, 0.3) is 60.6 Å². The molecule has 4 aromatic carbocycles. The van der Waals surface area contributed by atoms with Crippen molar-refractivity contribution >= 4 is 43.2 Å². The van der Waals surface area contributed by atoms with Crippen molar-refractivity contribution in [1.82, 2.24) is 19.5 Å². The molecule has 7 aromatic rings. The molecule has 0 amide bonds. The van der Waals surface area contributed by atoms with Gasteiger partial charge in [0.15, 0.2) is 11.6 Å². The summed E-state index contributed by atoms with van der Waals surface area (Å²) in [4.78, 5) is 16.6. The van der Waals surface area contributed by atoms with Gasteiger partial charge in [-0.25, -0.2) is 4.98 Å². The van der Waals surface area contributed by atoms with Gasteiger partial charge in [0.05, 0.1) is 11.0 Å². The van der Waals surface area contributed by atoms with E-state index in [0.29, 0.717) is 17.6 Å². The van der Waals surface area contributed by atoms with Crippen LogP contribution in [0, 0.1) is 0 Å². The van der Waals surface area contributed by atoms with Crippen LogP contribution in [-0.4, -0.2) is 19.5 Å². The number of aromatic nitrogens is 4. The molecule has 1 aliphatic rings. The van der Waals surface area contributed by atoms with Gasteiger partial charge >= 0.3 is 0 Å². The molecular weight excluding hydrogens is 484 g/mol. The van der Waals surface area contributed by atoms with E-state index in [0.717, 1.165) is 22.2 Å². The van der Waals surface area contributed by atoms with E-state index in [1.54, 1.807) is 10.4 Å². The standard InChI is InChI=1S/C33H24N4S/c1-3-11-21(12-4-1)31-34-32(22-13-5-2-6-14-22)36-33(35-31)37-27-17-9-7-15-23(27)25-20-30-26(19-28(25)37)24-16-8-10-18-29(24)38-30/h1-7,9,11-15,17,19-20H,8,10,16,18H2. The normalized spacial score (nSPS) is 13.4. The van der Waals surface area contributed by atoms with Gasteiger partial charge in [0.1, 0.15) is 0 Å². The molecular formula is C33H24N4S. The molecule has 0 unspecified atom stereocenters. The van der Waals surface area contributed by atoms with Gasteiger partial charge in [-0.05, 0) is 54.8 Å². The Hall–Kier alpha value is -4.35. The van der Waals surface area contributed by atoms with Gasteiger partial charge in [0.2, 0.25) is 5.95 Å². The summed E-state index contributed by atoms with van der Waals surface area (Å²) < 4.78 is 3.62. The van der Waals surface area contributed by atoms with Crippen molar-refractivity contribution in [3.8, 4) is 28.7 Å². The van der Waals surface area contributed by atoms with E-state index < -0.39 is 0 Å². The molecule has 0 saturated heterocycles. The molecule has 0 atom stereocenters. The smallest absolute Gasteiger partial charge is 0.238 e. The van der Waals surface area contributed by atoms with Crippen LogP contribution in [0.5, 0.6) is 0 Å². The third kappa shape index (κ3) is 3.39. The van der Waals surface area contributed by atoms with Gasteiger partial charge in [0.25, 0.3) is 0 Å². The largest absolute Gasteiger partial charge is 0.278 e. The van der Waals surface area contributed by atoms with E-state index in [-0.39, 0.29) is 0 Å². The number of hydrogen-bond acceptors (Lipinski definition) is 4. The van der Waals surface area contributed by atoms with Crippen molar-refractivity contribution in [2.24, 2.45) is 0 Å². The quantitative estimate of drug-likeness (QED) is 0.241. The zero-order valence-electron chi connectivity index (χ0n) is 20.8. The molecule has 0 saturated carbocycles. The molecule has 0 aliphatic heterocycles. The predicted molar refractivity (Wildman–Crippen MR) is 157 cm³/mol. The molecule has 0 N–H and O–H groups in total. The fourth-order valence-corrected chi connectivity index (χ4v) is 7.15. The molecule has 38 heavy (non-hydrogen) atoms. The highest BCUT2D eigenvalue weighted by atomic mass is 32.1. The van der Waals surface area contributed by atoms with Crippen LogP contribution in [-0.2, 0) is 12.8 Å². The third-order valence-corrected chi connectivity index (χ3v) is 8.89. The summed E-state index contributed by atoms with van der Waals surface area (Å²) in [6, 6.07) is 33.7. The van der Waals surface area contributed by atoms with Crippen LogP contribution >= 0.6 is 11.3 Å². The van der Waals surface area contributed by atoms with Crippen molar-refractivity contribution in [2.45, 2.75) is 25.7 Å². The summed E-state index contributed by atoms with van der Waals surface area (Å²) in [5, 5.41) is 3.86. The van der Waals surface area contributed by atoms with E-state index in [2.05, 4.69) is 65.2 Å². The van der Waals surface area contributed by atoms with Crippen LogP contribution in [0.1, 0.15) is 23.3 Å². The number of hydrogen-bond donors (Lipinski definition) is 0. The lowest BCUT2D eigenvalue weighted by Gasteiger charge is -2.12. The Morgan fingerprint density at radius 3 is 1.97 bits per heavy atom. The van der Waals surface area contributed by atoms with E-state index in [9.17, 15) is 0 Å². The number of rotatable bonds is 3. The van der Waals surface area contributed by atoms with Crippen molar-refractivity contribution in [1.29, 1.82) is 0 Å². The number of para-hydroxylation sites is 1. The molecule has 0 spiro atoms. The molecule has 0 bridgehead atoms. The summed E-state index contributed by atoms with van der Waals surface area (Å²) in [7, 11) is 0. The van der Waals surface area contributed by atoms with Crippen molar-refractivity contribution < 1.29 is 0 Å². The zero-order chi connectivity index (χ0) is 25.1. The molecule has 8 rings (SSSR count). The van der Waals surface area contributed by atoms with Crippen molar-refractivity contribution in [2.75, 3.05) is 0 Å². The molecule has 3 heterocycles. The number of benzene rings is 4. The summed E-state index contributed by atoms with van der Waals surface area (Å²) in [5.41, 5.74) is 5.75. The molecule has 5 heteroatoms. The number of thiophene rings is 1. The van der Waals surface area contributed by atoms with E-state index in [4.69, 9.17) is 15.0 Å². The second-order valence-electron chi connectivity index (χ2n) is 9.94. The summed E-state index contributed by atoms with van der Waals surface area (Å²) >= 11 is 1.98. The number of fused-ring (bicyclic) bond motifs is 6. The van der Waals surface area contributed by atoms with Gasteiger partial charge in [-0.1, -0.05) is 78.9 Å². The van der Waals surface area contributed by atoms with Gasteiger partial charge in [-0.15, -0.1) is 11.3 Å². The van der Waals surface area contributed by atoms with E-state index in [1.807, 2.05) is 47.7 Å². The molecule has 0 fully saturated rings. The maximum Gasteiger partial charge on any atom is 0.238 e. The van der Waals surface area contributed by atoms with Crippen LogP contribution in [0.4, 0.5) is 0 Å². The highest BCUT2D eigenvalue weighted by Gasteiger charge is 2.21. The van der Waals surface area contributed by atoms with Crippen LogP contribution < -0.4 is 0 Å². The summed E-state index contributed by atoms with van der Waals surface area (Å²) in [6.45, 7) is 0. The predicted octanol–water partition coefficient (Wildman–Crippen LogP) is 8.40. The minimum Gasteiger partial charge on any atom is -0.278 e. The van der Waals surface area contributed by atoms with E-state index in [1.165, 1.54) is 46.5 Å². The maximum atomic E-state index is 5.07. The Kier molecular flexibility index (Phi) is 4.92. The molecule has 0 radical (unpaired) electrons. The first-order chi connectivity index (χ1) is 18.8. The monoisotopic (exact) mass is 508 g/mol. The first-order valence-corrected chi connectivity index (χ1v) is 14.0. The van der Waals surface area contributed by atoms with Gasteiger partial charge in [-0.2, -0.15) is 9.97 Å². The first-order valence-electron chi connectivity index (χ1n) is 13.2. The second-order valence-corrected chi connectivity index (χ2v) is 11.1. The third-order valence-electron chi connectivity index (χ3n) is 7.64. The fraction of sp³-hybridized carbons (Fsp3) is 0.121. The Bertz CT molecular complexity index is 1910.